The van der Waals surface area contributed by atoms with Crippen LogP contribution in [0.2, 0.25) is 0 Å². The minimum absolute atomic E-state index is 0.130. The van der Waals surface area contributed by atoms with Crippen molar-refractivity contribution in [3.63, 3.8) is 0 Å². The second-order valence-electron chi connectivity index (χ2n) is 10.7. The Hall–Kier alpha value is -3.60. The molecule has 3 aromatic rings. The highest BCUT2D eigenvalue weighted by atomic mass is 19.3. The molecule has 11 heteroatoms. The number of hydrogen-bond donors (Lipinski definition) is 1. The van der Waals surface area contributed by atoms with E-state index in [9.17, 15) is 17.6 Å². The molecular formula is C29H31F4N7. The number of anilines is 2. The minimum atomic E-state index is -2.34. The normalized spacial score (nSPS) is 18.9. The molecule has 0 aromatic carbocycles. The topological polar surface area (TPSA) is 70.1 Å². The fourth-order valence-corrected chi connectivity index (χ4v) is 5.61. The largest absolute Gasteiger partial charge is 0.356 e. The van der Waals surface area contributed by atoms with Crippen LogP contribution in [0, 0.1) is 0 Å². The first kappa shape index (κ1) is 26.6. The van der Waals surface area contributed by atoms with Gasteiger partial charge in [-0.05, 0) is 61.8 Å². The van der Waals surface area contributed by atoms with E-state index in [4.69, 9.17) is 9.97 Å². The molecule has 4 heterocycles. The third-order valence-electron chi connectivity index (χ3n) is 7.94. The van der Waals surface area contributed by atoms with Gasteiger partial charge in [0.2, 0.25) is 0 Å². The maximum Gasteiger partial charge on any atom is 0.251 e. The Balaban J connectivity index is 1.36. The van der Waals surface area contributed by atoms with Crippen LogP contribution in [0.1, 0.15) is 50.0 Å². The van der Waals surface area contributed by atoms with E-state index >= 15 is 0 Å². The van der Waals surface area contributed by atoms with Crippen molar-refractivity contribution in [2.24, 2.45) is 0 Å². The van der Waals surface area contributed by atoms with E-state index in [1.807, 2.05) is 18.1 Å². The summed E-state index contributed by atoms with van der Waals surface area (Å²) in [6.07, 6.45) is 8.33. The number of piperidine rings is 1. The van der Waals surface area contributed by atoms with Crippen molar-refractivity contribution < 1.29 is 17.6 Å². The van der Waals surface area contributed by atoms with Gasteiger partial charge in [-0.25, -0.2) is 32.5 Å². The molecule has 210 valence electrons. The first-order valence-corrected chi connectivity index (χ1v) is 13.7. The summed E-state index contributed by atoms with van der Waals surface area (Å²) in [5.74, 6) is 0.736. The van der Waals surface area contributed by atoms with E-state index in [2.05, 4.69) is 20.2 Å². The Morgan fingerprint density at radius 2 is 1.90 bits per heavy atom. The molecule has 0 unspecified atom stereocenters. The van der Waals surface area contributed by atoms with E-state index in [0.29, 0.717) is 42.3 Å². The Bertz CT molecular complexity index is 1460. The van der Waals surface area contributed by atoms with Crippen LogP contribution < -0.4 is 10.2 Å². The standard InChI is InChI=1S/C29H31F4N7/c1-39(19-8-11-40(12-9-19)16-24(32)33)29-26-20(17-5-6-17)14-34-15-23(26)36-28(38-29)18-7-10-35-25(13-18)37-27-21(30)3-2-4-22(27)31/h3,7,10,13-15,17,19,24H,2,4-6,8-9,11-12,16H2,1H3,(H,35,37). The lowest BCUT2D eigenvalue weighted by Crippen LogP contribution is -2.45. The SMILES string of the molecule is CN(c1nc(-c2ccnc(NC3=C(F)CCC=C3F)c2)nc2cncc(C3CC3)c12)C1CCN(CC(F)F)CC1. The second kappa shape index (κ2) is 11.1. The van der Waals surface area contributed by atoms with Gasteiger partial charge in [0, 0.05) is 55.9 Å². The van der Waals surface area contributed by atoms with Crippen molar-refractivity contribution in [2.45, 2.75) is 56.9 Å². The second-order valence-corrected chi connectivity index (χ2v) is 10.7. The highest BCUT2D eigenvalue weighted by Gasteiger charge is 2.31. The van der Waals surface area contributed by atoms with Gasteiger partial charge in [0.15, 0.2) is 5.82 Å². The number of fused-ring (bicyclic) bond motifs is 1. The summed E-state index contributed by atoms with van der Waals surface area (Å²) in [4.78, 5) is 22.6. The fourth-order valence-electron chi connectivity index (χ4n) is 5.61. The average Bonchev–Trinajstić information content (AvgIpc) is 3.80. The Morgan fingerprint density at radius 3 is 2.62 bits per heavy atom. The van der Waals surface area contributed by atoms with Gasteiger partial charge in [-0.1, -0.05) is 0 Å². The summed E-state index contributed by atoms with van der Waals surface area (Å²) in [7, 11) is 2.00. The molecule has 1 saturated carbocycles. The molecule has 0 radical (unpaired) electrons. The molecule has 3 aromatic heterocycles. The number of alkyl halides is 2. The summed E-state index contributed by atoms with van der Waals surface area (Å²) in [5.41, 5.74) is 2.28. The van der Waals surface area contributed by atoms with Crippen molar-refractivity contribution in [3.05, 3.63) is 59.7 Å². The number of halogens is 4. The zero-order valence-electron chi connectivity index (χ0n) is 22.3. The molecule has 0 amide bonds. The zero-order valence-corrected chi connectivity index (χ0v) is 22.3. The first-order valence-electron chi connectivity index (χ1n) is 13.7. The highest BCUT2D eigenvalue weighted by molar-refractivity contribution is 5.94. The lowest BCUT2D eigenvalue weighted by molar-refractivity contribution is 0.0754. The van der Waals surface area contributed by atoms with Gasteiger partial charge in [-0.2, -0.15) is 0 Å². The van der Waals surface area contributed by atoms with Gasteiger partial charge in [0.05, 0.1) is 18.3 Å². The van der Waals surface area contributed by atoms with Gasteiger partial charge in [0.25, 0.3) is 6.43 Å². The lowest BCUT2D eigenvalue weighted by Gasteiger charge is -2.37. The lowest BCUT2D eigenvalue weighted by atomic mass is 10.0. The average molecular weight is 554 g/mol. The highest BCUT2D eigenvalue weighted by Crippen LogP contribution is 2.45. The van der Waals surface area contributed by atoms with E-state index in [0.717, 1.165) is 42.5 Å². The van der Waals surface area contributed by atoms with Crippen molar-refractivity contribution in [2.75, 3.05) is 36.9 Å². The molecule has 1 aliphatic heterocycles. The zero-order chi connectivity index (χ0) is 27.8. The maximum atomic E-state index is 14.3. The van der Waals surface area contributed by atoms with Crippen LogP contribution in [0.3, 0.4) is 0 Å². The molecule has 3 aliphatic rings. The van der Waals surface area contributed by atoms with Crippen molar-refractivity contribution in [1.82, 2.24) is 24.8 Å². The summed E-state index contributed by atoms with van der Waals surface area (Å²) < 4.78 is 54.5. The van der Waals surface area contributed by atoms with Crippen molar-refractivity contribution >= 4 is 22.5 Å². The number of nitrogens with zero attached hydrogens (tertiary/aromatic N) is 6. The molecule has 7 nitrogen and oxygen atoms in total. The summed E-state index contributed by atoms with van der Waals surface area (Å²) >= 11 is 0. The van der Waals surface area contributed by atoms with E-state index in [1.165, 1.54) is 6.08 Å². The van der Waals surface area contributed by atoms with Gasteiger partial charge < -0.3 is 10.2 Å². The van der Waals surface area contributed by atoms with E-state index in [1.54, 1.807) is 24.5 Å². The number of allylic oxidation sites excluding steroid dienone is 3. The quantitative estimate of drug-likeness (QED) is 0.325. The van der Waals surface area contributed by atoms with Crippen LogP contribution in [0.15, 0.2) is 54.2 Å². The number of nitrogens with one attached hydrogen (secondary N) is 1. The molecular weight excluding hydrogens is 522 g/mol. The van der Waals surface area contributed by atoms with Gasteiger partial charge in [0.1, 0.15) is 29.0 Å². The van der Waals surface area contributed by atoms with Gasteiger partial charge in [-0.3, -0.25) is 9.88 Å². The third kappa shape index (κ3) is 5.52. The summed E-state index contributed by atoms with van der Waals surface area (Å²) in [5, 5.41) is 3.75. The third-order valence-corrected chi connectivity index (χ3v) is 7.94. The summed E-state index contributed by atoms with van der Waals surface area (Å²) in [6, 6.07) is 3.56. The van der Waals surface area contributed by atoms with Gasteiger partial charge in [-0.15, -0.1) is 0 Å². The molecule has 0 bridgehead atoms. The molecule has 2 fully saturated rings. The smallest absolute Gasteiger partial charge is 0.251 e. The van der Waals surface area contributed by atoms with Crippen LogP contribution in [-0.4, -0.2) is 64.0 Å². The molecule has 1 saturated heterocycles. The molecule has 40 heavy (non-hydrogen) atoms. The number of pyridine rings is 2. The van der Waals surface area contributed by atoms with E-state index < -0.39 is 18.1 Å². The monoisotopic (exact) mass is 553 g/mol. The van der Waals surface area contributed by atoms with Crippen LogP contribution >= 0.6 is 0 Å². The maximum absolute atomic E-state index is 14.3. The van der Waals surface area contributed by atoms with Crippen molar-refractivity contribution in [3.8, 4) is 11.4 Å². The van der Waals surface area contributed by atoms with Crippen LogP contribution in [0.4, 0.5) is 29.2 Å². The van der Waals surface area contributed by atoms with Crippen LogP contribution in [0.25, 0.3) is 22.3 Å². The first-order chi connectivity index (χ1) is 19.4. The van der Waals surface area contributed by atoms with Crippen molar-refractivity contribution in [1.29, 1.82) is 0 Å². The predicted octanol–water partition coefficient (Wildman–Crippen LogP) is 6.37. The Kier molecular flexibility index (Phi) is 7.39. The fraction of sp³-hybridized carbons (Fsp3) is 0.448. The minimum Gasteiger partial charge on any atom is -0.356 e. The van der Waals surface area contributed by atoms with Gasteiger partial charge >= 0.3 is 0 Å². The number of aromatic nitrogens is 4. The molecule has 0 atom stereocenters. The van der Waals surface area contributed by atoms with Crippen LogP contribution in [0.5, 0.6) is 0 Å². The Labute approximate surface area is 230 Å². The number of likely N-dealkylation sites (tertiary alicyclic amines) is 1. The number of rotatable bonds is 8. The molecule has 0 spiro atoms. The molecule has 1 N–H and O–H groups in total. The molecule has 6 rings (SSSR count). The Morgan fingerprint density at radius 1 is 1.10 bits per heavy atom. The molecule has 2 aliphatic carbocycles. The predicted molar refractivity (Wildman–Crippen MR) is 147 cm³/mol. The number of hydrogen-bond acceptors (Lipinski definition) is 7. The van der Waals surface area contributed by atoms with E-state index in [-0.39, 0.29) is 30.5 Å². The summed E-state index contributed by atoms with van der Waals surface area (Å²) in [6.45, 7) is 1.000. The van der Waals surface area contributed by atoms with Crippen LogP contribution in [-0.2, 0) is 0 Å².